The Bertz CT molecular complexity index is 799. The lowest BCUT2D eigenvalue weighted by atomic mass is 9.89. The third-order valence-electron chi connectivity index (χ3n) is 6.30. The van der Waals surface area contributed by atoms with Crippen molar-refractivity contribution in [1.29, 1.82) is 0 Å². The van der Waals surface area contributed by atoms with E-state index >= 15 is 0 Å². The van der Waals surface area contributed by atoms with Gasteiger partial charge in [0.25, 0.3) is 5.91 Å². The highest BCUT2D eigenvalue weighted by molar-refractivity contribution is 5.93. The van der Waals surface area contributed by atoms with Crippen LogP contribution in [-0.2, 0) is 17.6 Å². The Morgan fingerprint density at radius 2 is 1.59 bits per heavy atom. The molecule has 0 unspecified atom stereocenters. The molecular formula is C24H30N2O3. The highest BCUT2D eigenvalue weighted by Gasteiger charge is 2.24. The third kappa shape index (κ3) is 5.08. The molecule has 0 atom stereocenters. The summed E-state index contributed by atoms with van der Waals surface area (Å²) in [4.78, 5) is 28.5. The first kappa shape index (κ1) is 19.7. The van der Waals surface area contributed by atoms with Gasteiger partial charge in [-0.1, -0.05) is 24.3 Å². The maximum Gasteiger partial charge on any atom is 0.257 e. The first-order valence-corrected chi connectivity index (χ1v) is 10.9. The fourth-order valence-electron chi connectivity index (χ4n) is 4.46. The number of piperidine rings is 1. The molecular weight excluding hydrogens is 364 g/mol. The monoisotopic (exact) mass is 394 g/mol. The number of nitrogens with zero attached hydrogens (tertiary/aromatic N) is 2. The molecule has 2 amide bonds. The molecule has 3 heterocycles. The van der Waals surface area contributed by atoms with E-state index in [-0.39, 0.29) is 5.91 Å². The van der Waals surface area contributed by atoms with Gasteiger partial charge in [0.15, 0.2) is 0 Å². The van der Waals surface area contributed by atoms with E-state index in [9.17, 15) is 9.59 Å². The van der Waals surface area contributed by atoms with E-state index in [2.05, 4.69) is 24.3 Å². The smallest absolute Gasteiger partial charge is 0.257 e. The Balaban J connectivity index is 1.21. The highest BCUT2D eigenvalue weighted by atomic mass is 16.3. The van der Waals surface area contributed by atoms with E-state index in [0.717, 1.165) is 64.7 Å². The maximum absolute atomic E-state index is 12.4. The van der Waals surface area contributed by atoms with Crippen LogP contribution in [0.4, 0.5) is 0 Å². The van der Waals surface area contributed by atoms with E-state index in [1.807, 2.05) is 9.80 Å². The number of hydrogen-bond acceptors (Lipinski definition) is 3. The first-order chi connectivity index (χ1) is 14.2. The number of likely N-dealkylation sites (tertiary alicyclic amines) is 2. The second kappa shape index (κ2) is 9.29. The van der Waals surface area contributed by atoms with Crippen molar-refractivity contribution in [1.82, 2.24) is 9.80 Å². The molecule has 2 aliphatic heterocycles. The van der Waals surface area contributed by atoms with Gasteiger partial charge >= 0.3 is 0 Å². The van der Waals surface area contributed by atoms with Crippen molar-refractivity contribution in [2.45, 2.75) is 44.9 Å². The fraction of sp³-hybridized carbons (Fsp3) is 0.500. The Labute approximate surface area is 172 Å². The van der Waals surface area contributed by atoms with Gasteiger partial charge < -0.3 is 14.2 Å². The molecule has 29 heavy (non-hydrogen) atoms. The number of benzene rings is 1. The van der Waals surface area contributed by atoms with Gasteiger partial charge in [-0.15, -0.1) is 0 Å². The van der Waals surface area contributed by atoms with Gasteiger partial charge in [0.1, 0.15) is 6.26 Å². The fourth-order valence-corrected chi connectivity index (χ4v) is 4.46. The number of amides is 2. The standard InChI is InChI=1S/C24H30N2O3/c27-23(25-12-1-2-13-25)8-7-19-3-5-20(6-4-19)17-21-9-14-26(15-10-21)24(28)22-11-16-29-18-22/h3-6,11,16,18,21H,1-2,7-10,12-15,17H2. The zero-order valence-electron chi connectivity index (χ0n) is 17.0. The number of aryl methyl sites for hydroxylation is 1. The molecule has 1 aromatic heterocycles. The van der Waals surface area contributed by atoms with E-state index in [0.29, 0.717) is 23.8 Å². The lowest BCUT2D eigenvalue weighted by Gasteiger charge is -2.32. The van der Waals surface area contributed by atoms with Crippen molar-refractivity contribution in [3.8, 4) is 0 Å². The average molecular weight is 395 g/mol. The van der Waals surface area contributed by atoms with Crippen LogP contribution in [0, 0.1) is 5.92 Å². The molecule has 2 aliphatic rings. The molecule has 1 aromatic carbocycles. The van der Waals surface area contributed by atoms with E-state index in [1.165, 1.54) is 17.4 Å². The number of furan rings is 1. The van der Waals surface area contributed by atoms with Crippen LogP contribution in [0.25, 0.3) is 0 Å². The maximum atomic E-state index is 12.4. The second-order valence-corrected chi connectivity index (χ2v) is 8.36. The first-order valence-electron chi connectivity index (χ1n) is 10.9. The van der Waals surface area contributed by atoms with Crippen molar-refractivity contribution in [2.24, 2.45) is 5.92 Å². The van der Waals surface area contributed by atoms with Crippen molar-refractivity contribution in [3.63, 3.8) is 0 Å². The van der Waals surface area contributed by atoms with Crippen LogP contribution < -0.4 is 0 Å². The highest BCUT2D eigenvalue weighted by Crippen LogP contribution is 2.23. The van der Waals surface area contributed by atoms with Gasteiger partial charge in [-0.05, 0) is 61.6 Å². The molecule has 0 saturated carbocycles. The zero-order chi connectivity index (χ0) is 20.1. The predicted octanol–water partition coefficient (Wildman–Crippen LogP) is 3.93. The molecule has 5 heteroatoms. The van der Waals surface area contributed by atoms with Crippen LogP contribution in [0.2, 0.25) is 0 Å². The predicted molar refractivity (Wildman–Crippen MR) is 112 cm³/mol. The van der Waals surface area contributed by atoms with Gasteiger partial charge in [0.05, 0.1) is 11.8 Å². The van der Waals surface area contributed by atoms with Gasteiger partial charge in [0, 0.05) is 32.6 Å². The minimum absolute atomic E-state index is 0.0741. The van der Waals surface area contributed by atoms with Crippen LogP contribution in [-0.4, -0.2) is 47.8 Å². The molecule has 2 saturated heterocycles. The SMILES string of the molecule is O=C(CCc1ccc(CC2CCN(C(=O)c3ccoc3)CC2)cc1)N1CCCC1. The topological polar surface area (TPSA) is 53.8 Å². The largest absolute Gasteiger partial charge is 0.472 e. The molecule has 5 nitrogen and oxygen atoms in total. The molecule has 0 aliphatic carbocycles. The average Bonchev–Trinajstić information content (AvgIpc) is 3.47. The lowest BCUT2D eigenvalue weighted by molar-refractivity contribution is -0.130. The minimum Gasteiger partial charge on any atom is -0.472 e. The van der Waals surface area contributed by atoms with Crippen LogP contribution in [0.5, 0.6) is 0 Å². The molecule has 0 radical (unpaired) electrons. The van der Waals surface area contributed by atoms with Gasteiger partial charge in [-0.3, -0.25) is 9.59 Å². The van der Waals surface area contributed by atoms with Gasteiger partial charge in [0.2, 0.25) is 5.91 Å². The minimum atomic E-state index is 0.0741. The van der Waals surface area contributed by atoms with Crippen LogP contribution in [0.3, 0.4) is 0 Å². The summed E-state index contributed by atoms with van der Waals surface area (Å²) in [7, 11) is 0. The van der Waals surface area contributed by atoms with Crippen molar-refractivity contribution < 1.29 is 14.0 Å². The van der Waals surface area contributed by atoms with Crippen molar-refractivity contribution in [3.05, 3.63) is 59.5 Å². The number of rotatable bonds is 6. The van der Waals surface area contributed by atoms with Crippen molar-refractivity contribution >= 4 is 11.8 Å². The molecule has 2 fully saturated rings. The Morgan fingerprint density at radius 1 is 0.897 bits per heavy atom. The normalized spacial score (nSPS) is 17.7. The molecule has 154 valence electrons. The van der Waals surface area contributed by atoms with Gasteiger partial charge in [-0.2, -0.15) is 0 Å². The van der Waals surface area contributed by atoms with Crippen LogP contribution >= 0.6 is 0 Å². The Morgan fingerprint density at radius 3 is 2.24 bits per heavy atom. The van der Waals surface area contributed by atoms with E-state index in [4.69, 9.17) is 4.42 Å². The Kier molecular flexibility index (Phi) is 6.33. The summed E-state index contributed by atoms with van der Waals surface area (Å²) >= 11 is 0. The summed E-state index contributed by atoms with van der Waals surface area (Å²) in [5.74, 6) is 0.985. The summed E-state index contributed by atoms with van der Waals surface area (Å²) in [6.45, 7) is 3.49. The second-order valence-electron chi connectivity index (χ2n) is 8.36. The van der Waals surface area contributed by atoms with Crippen LogP contribution in [0.15, 0.2) is 47.3 Å². The van der Waals surface area contributed by atoms with Gasteiger partial charge in [-0.25, -0.2) is 0 Å². The van der Waals surface area contributed by atoms with E-state index < -0.39 is 0 Å². The number of carbonyl (C=O) groups is 2. The summed E-state index contributed by atoms with van der Waals surface area (Å²) < 4.78 is 5.02. The summed E-state index contributed by atoms with van der Waals surface area (Å²) in [5, 5.41) is 0. The molecule has 4 rings (SSSR count). The quantitative estimate of drug-likeness (QED) is 0.746. The van der Waals surface area contributed by atoms with Crippen molar-refractivity contribution in [2.75, 3.05) is 26.2 Å². The third-order valence-corrected chi connectivity index (χ3v) is 6.30. The molecule has 2 aromatic rings. The molecule has 0 bridgehead atoms. The summed E-state index contributed by atoms with van der Waals surface area (Å²) in [6.07, 6.45) is 9.94. The number of hydrogen-bond donors (Lipinski definition) is 0. The number of carbonyl (C=O) groups excluding carboxylic acids is 2. The zero-order valence-corrected chi connectivity index (χ0v) is 17.0. The molecule has 0 spiro atoms. The van der Waals surface area contributed by atoms with Crippen LogP contribution in [0.1, 0.15) is 53.6 Å². The lowest BCUT2D eigenvalue weighted by Crippen LogP contribution is -2.38. The van der Waals surface area contributed by atoms with E-state index in [1.54, 1.807) is 12.3 Å². The summed E-state index contributed by atoms with van der Waals surface area (Å²) in [5.41, 5.74) is 3.23. The summed E-state index contributed by atoms with van der Waals surface area (Å²) in [6, 6.07) is 10.5. The molecule has 0 N–H and O–H groups in total. The Hall–Kier alpha value is -2.56.